The Morgan fingerprint density at radius 2 is 1.78 bits per heavy atom. The van der Waals surface area contributed by atoms with Gasteiger partial charge in [0.05, 0.1) is 6.10 Å². The molecule has 2 fully saturated rings. The Hall–Kier alpha value is -0.960. The predicted molar refractivity (Wildman–Crippen MR) is 49.1 cm³/mol. The van der Waals surface area contributed by atoms with E-state index in [1.807, 2.05) is 0 Å². The van der Waals surface area contributed by atoms with Crippen LogP contribution in [-0.2, 0) is 9.53 Å². The van der Waals surface area contributed by atoms with E-state index in [1.54, 1.807) is 0 Å². The zero-order valence-electron chi connectivity index (χ0n) is 9.14. The third kappa shape index (κ3) is 4.05. The zero-order chi connectivity index (χ0) is 14.0. The summed E-state index contributed by atoms with van der Waals surface area (Å²) in [6, 6.07) is 0. The summed E-state index contributed by atoms with van der Waals surface area (Å²) in [6.07, 6.45) is -3.65. The van der Waals surface area contributed by atoms with Crippen LogP contribution in [0.1, 0.15) is 12.8 Å². The molecule has 106 valence electrons. The van der Waals surface area contributed by atoms with Crippen molar-refractivity contribution in [3.63, 3.8) is 0 Å². The topological polar surface area (TPSA) is 58.6 Å². The van der Waals surface area contributed by atoms with Gasteiger partial charge in [-0.05, 0) is 12.8 Å². The molecule has 4 nitrogen and oxygen atoms in total. The van der Waals surface area contributed by atoms with Crippen molar-refractivity contribution in [2.45, 2.75) is 31.7 Å². The highest BCUT2D eigenvalue weighted by atomic mass is 19.4. The monoisotopic (exact) mass is 277 g/mol. The van der Waals surface area contributed by atoms with Gasteiger partial charge in [-0.1, -0.05) is 0 Å². The summed E-state index contributed by atoms with van der Waals surface area (Å²) in [7, 11) is 0. The maximum Gasteiger partial charge on any atom is 0.490 e. The minimum Gasteiger partial charge on any atom is -0.475 e. The molecule has 1 aliphatic heterocycles. The number of halogens is 5. The lowest BCUT2D eigenvalue weighted by Gasteiger charge is -2.53. The second-order valence-electron chi connectivity index (χ2n) is 4.33. The molecular weight excluding hydrogens is 265 g/mol. The van der Waals surface area contributed by atoms with E-state index in [-0.39, 0.29) is 6.10 Å². The minimum atomic E-state index is -5.08. The lowest BCUT2D eigenvalue weighted by Crippen LogP contribution is -2.62. The van der Waals surface area contributed by atoms with Crippen molar-refractivity contribution in [1.29, 1.82) is 0 Å². The highest BCUT2D eigenvalue weighted by Gasteiger charge is 2.49. The average molecular weight is 277 g/mol. The van der Waals surface area contributed by atoms with Crippen LogP contribution in [-0.4, -0.2) is 43.1 Å². The molecule has 2 N–H and O–H groups in total. The van der Waals surface area contributed by atoms with E-state index in [4.69, 9.17) is 9.90 Å². The molecule has 1 saturated carbocycles. The summed E-state index contributed by atoms with van der Waals surface area (Å²) < 4.78 is 59.4. The van der Waals surface area contributed by atoms with Crippen LogP contribution in [0.5, 0.6) is 0 Å². The van der Waals surface area contributed by atoms with Crippen LogP contribution in [0, 0.1) is 5.41 Å². The van der Waals surface area contributed by atoms with E-state index in [9.17, 15) is 22.0 Å². The Kier molecular flexibility index (Phi) is 4.49. The summed E-state index contributed by atoms with van der Waals surface area (Å²) in [5.41, 5.74) is 0.333. The summed E-state index contributed by atoms with van der Waals surface area (Å²) in [6.45, 7) is -0.628. The van der Waals surface area contributed by atoms with Gasteiger partial charge in [-0.2, -0.15) is 22.0 Å². The normalized spacial score (nSPS) is 21.9. The van der Waals surface area contributed by atoms with Crippen LogP contribution in [0.2, 0.25) is 0 Å². The number of ether oxygens (including phenoxy) is 1. The van der Waals surface area contributed by atoms with Gasteiger partial charge in [-0.3, -0.25) is 0 Å². The Labute approximate surface area is 99.1 Å². The standard InChI is InChI=1S/C7H11F2NO.C2HF3O2/c8-6(9)11-5-1-7(2-5)3-10-4-7;3-2(4,5)1(6)7/h5-6,10H,1-4H2;(H,6,7). The Bertz CT molecular complexity index is 295. The van der Waals surface area contributed by atoms with Crippen LogP contribution in [0.4, 0.5) is 22.0 Å². The number of carboxylic acid groups (broad SMARTS) is 1. The van der Waals surface area contributed by atoms with Crippen LogP contribution in [0.3, 0.4) is 0 Å². The maximum atomic E-state index is 11.6. The van der Waals surface area contributed by atoms with E-state index in [0.29, 0.717) is 5.41 Å². The van der Waals surface area contributed by atoms with Gasteiger partial charge in [0.15, 0.2) is 0 Å². The zero-order valence-corrected chi connectivity index (χ0v) is 9.14. The number of rotatable bonds is 2. The van der Waals surface area contributed by atoms with Crippen molar-refractivity contribution in [2.75, 3.05) is 13.1 Å². The predicted octanol–water partition coefficient (Wildman–Crippen LogP) is 1.61. The van der Waals surface area contributed by atoms with Crippen molar-refractivity contribution in [1.82, 2.24) is 5.32 Å². The second kappa shape index (κ2) is 5.35. The van der Waals surface area contributed by atoms with Gasteiger partial charge in [0.1, 0.15) is 0 Å². The molecule has 0 radical (unpaired) electrons. The Morgan fingerprint density at radius 1 is 1.33 bits per heavy atom. The number of carbonyl (C=O) groups is 1. The molecule has 0 aromatic rings. The number of carboxylic acids is 1. The Morgan fingerprint density at radius 3 is 2.00 bits per heavy atom. The third-order valence-corrected chi connectivity index (χ3v) is 2.86. The first-order valence-electron chi connectivity index (χ1n) is 5.09. The number of nitrogens with one attached hydrogen (secondary N) is 1. The highest BCUT2D eigenvalue weighted by molar-refractivity contribution is 5.73. The van der Waals surface area contributed by atoms with Crippen LogP contribution in [0.15, 0.2) is 0 Å². The molecule has 0 aromatic carbocycles. The van der Waals surface area contributed by atoms with Gasteiger partial charge in [0.2, 0.25) is 0 Å². The molecule has 2 rings (SSSR count). The second-order valence-corrected chi connectivity index (χ2v) is 4.33. The summed E-state index contributed by atoms with van der Waals surface area (Å²) in [4.78, 5) is 8.90. The molecule has 2 aliphatic rings. The molecule has 18 heavy (non-hydrogen) atoms. The van der Waals surface area contributed by atoms with E-state index < -0.39 is 18.8 Å². The third-order valence-electron chi connectivity index (χ3n) is 2.86. The van der Waals surface area contributed by atoms with E-state index >= 15 is 0 Å². The fourth-order valence-corrected chi connectivity index (χ4v) is 1.92. The summed E-state index contributed by atoms with van der Waals surface area (Å²) in [5, 5.41) is 10.3. The molecule has 0 unspecified atom stereocenters. The molecule has 1 heterocycles. The summed E-state index contributed by atoms with van der Waals surface area (Å²) >= 11 is 0. The molecular formula is C9H12F5NO3. The van der Waals surface area contributed by atoms with Crippen LogP contribution < -0.4 is 5.32 Å². The first-order valence-corrected chi connectivity index (χ1v) is 5.09. The summed E-state index contributed by atoms with van der Waals surface area (Å²) in [5.74, 6) is -2.76. The largest absolute Gasteiger partial charge is 0.490 e. The fraction of sp³-hybridized carbons (Fsp3) is 0.889. The molecule has 0 amide bonds. The van der Waals surface area contributed by atoms with Crippen molar-refractivity contribution < 1.29 is 36.6 Å². The molecule has 1 saturated heterocycles. The smallest absolute Gasteiger partial charge is 0.475 e. The van der Waals surface area contributed by atoms with Crippen molar-refractivity contribution in [3.05, 3.63) is 0 Å². The van der Waals surface area contributed by atoms with Crippen LogP contribution >= 0.6 is 0 Å². The van der Waals surface area contributed by atoms with Crippen LogP contribution in [0.25, 0.3) is 0 Å². The van der Waals surface area contributed by atoms with Crippen molar-refractivity contribution >= 4 is 5.97 Å². The quantitative estimate of drug-likeness (QED) is 0.753. The first kappa shape index (κ1) is 15.1. The molecule has 0 atom stereocenters. The number of hydrogen-bond acceptors (Lipinski definition) is 3. The van der Waals surface area contributed by atoms with E-state index in [0.717, 1.165) is 25.9 Å². The molecule has 0 bridgehead atoms. The highest BCUT2D eigenvalue weighted by Crippen LogP contribution is 2.46. The van der Waals surface area contributed by atoms with E-state index in [2.05, 4.69) is 10.1 Å². The maximum absolute atomic E-state index is 11.6. The van der Waals surface area contributed by atoms with Gasteiger partial charge < -0.3 is 15.2 Å². The SMILES string of the molecule is FC(F)OC1CC2(CNC2)C1.O=C(O)C(F)(F)F. The molecule has 9 heteroatoms. The van der Waals surface area contributed by atoms with Gasteiger partial charge in [0.25, 0.3) is 0 Å². The average Bonchev–Trinajstić information content (AvgIpc) is 2.06. The number of hydrogen-bond donors (Lipinski definition) is 2. The number of aliphatic carboxylic acids is 1. The first-order chi connectivity index (χ1) is 8.15. The lowest BCUT2D eigenvalue weighted by molar-refractivity contribution is -0.214. The van der Waals surface area contributed by atoms with Crippen molar-refractivity contribution in [3.8, 4) is 0 Å². The molecule has 0 aromatic heterocycles. The van der Waals surface area contributed by atoms with Gasteiger partial charge >= 0.3 is 18.8 Å². The van der Waals surface area contributed by atoms with E-state index in [1.165, 1.54) is 0 Å². The van der Waals surface area contributed by atoms with Gasteiger partial charge in [0, 0.05) is 18.5 Å². The van der Waals surface area contributed by atoms with Gasteiger partial charge in [-0.15, -0.1) is 0 Å². The number of alkyl halides is 5. The lowest BCUT2D eigenvalue weighted by atomic mass is 9.63. The Balaban J connectivity index is 0.000000203. The minimum absolute atomic E-state index is 0.183. The molecule has 1 spiro atoms. The fourth-order valence-electron chi connectivity index (χ4n) is 1.92. The van der Waals surface area contributed by atoms with Gasteiger partial charge in [-0.25, -0.2) is 4.79 Å². The molecule has 1 aliphatic carbocycles. The van der Waals surface area contributed by atoms with Crippen molar-refractivity contribution in [2.24, 2.45) is 5.41 Å².